The summed E-state index contributed by atoms with van der Waals surface area (Å²) in [5.41, 5.74) is 5.42. The summed E-state index contributed by atoms with van der Waals surface area (Å²) in [6.07, 6.45) is 1.85. The maximum atomic E-state index is 6.95. The van der Waals surface area contributed by atoms with E-state index < -0.39 is 0 Å². The Hall–Kier alpha value is -3.29. The summed E-state index contributed by atoms with van der Waals surface area (Å²) in [7, 11) is 0. The fourth-order valence-electron chi connectivity index (χ4n) is 6.40. The number of aromatic amines is 1. The van der Waals surface area contributed by atoms with Crippen molar-refractivity contribution in [3.8, 4) is 0 Å². The van der Waals surface area contributed by atoms with E-state index >= 15 is 0 Å². The maximum absolute atomic E-state index is 6.95. The number of H-pyrrole nitrogens is 1. The van der Waals surface area contributed by atoms with Gasteiger partial charge in [-0.2, -0.15) is 0 Å². The van der Waals surface area contributed by atoms with Gasteiger partial charge in [0.25, 0.3) is 0 Å². The van der Waals surface area contributed by atoms with Gasteiger partial charge in [-0.25, -0.2) is 9.67 Å². The van der Waals surface area contributed by atoms with Crippen LogP contribution in [0, 0.1) is 5.41 Å². The first-order valence-corrected chi connectivity index (χ1v) is 13.6. The number of benzene rings is 2. The average molecular weight is 528 g/mol. The van der Waals surface area contributed by atoms with E-state index in [9.17, 15) is 0 Å². The van der Waals surface area contributed by atoms with Crippen molar-refractivity contribution in [2.24, 2.45) is 5.41 Å². The van der Waals surface area contributed by atoms with E-state index in [2.05, 4.69) is 96.4 Å². The predicted molar refractivity (Wildman–Crippen MR) is 152 cm³/mol. The number of aromatic nitrogens is 6. The number of para-hydroxylation sites is 2. The van der Waals surface area contributed by atoms with Crippen molar-refractivity contribution in [1.82, 2.24) is 35.1 Å². The highest BCUT2D eigenvalue weighted by Gasteiger charge is 2.38. The van der Waals surface area contributed by atoms with Gasteiger partial charge in [0.15, 0.2) is 5.82 Å². The lowest BCUT2D eigenvalue weighted by Crippen LogP contribution is -2.40. The lowest BCUT2D eigenvalue weighted by molar-refractivity contribution is 0.158. The summed E-state index contributed by atoms with van der Waals surface area (Å²) < 4.78 is 2.01. The summed E-state index contributed by atoms with van der Waals surface area (Å²) in [4.78, 5) is 10.9. The lowest BCUT2D eigenvalue weighted by atomic mass is 9.81. The van der Waals surface area contributed by atoms with Crippen LogP contribution in [0.25, 0.3) is 21.8 Å². The van der Waals surface area contributed by atoms with Crippen LogP contribution in [0.4, 0.5) is 0 Å². The Morgan fingerprint density at radius 2 is 1.79 bits per heavy atom. The number of rotatable bonds is 5. The maximum Gasteiger partial charge on any atom is 0.173 e. The fourth-order valence-corrected chi connectivity index (χ4v) is 6.65. The molecule has 1 unspecified atom stereocenters. The molecule has 196 valence electrons. The molecule has 1 aliphatic rings. The molecule has 1 N–H and O–H groups in total. The molecule has 2 aromatic carbocycles. The molecule has 0 amide bonds. The number of fused-ring (bicyclic) bond motifs is 4. The van der Waals surface area contributed by atoms with Crippen molar-refractivity contribution in [3.05, 3.63) is 82.4 Å². The van der Waals surface area contributed by atoms with E-state index in [4.69, 9.17) is 16.6 Å². The minimum absolute atomic E-state index is 0.106. The molecule has 1 atom stereocenters. The van der Waals surface area contributed by atoms with E-state index in [1.165, 1.54) is 22.2 Å². The molecular formula is C30H34ClN7. The molecule has 6 rings (SSSR count). The first-order valence-electron chi connectivity index (χ1n) is 13.3. The van der Waals surface area contributed by atoms with Gasteiger partial charge in [0.05, 0.1) is 11.1 Å². The molecule has 0 saturated carbocycles. The molecule has 3 aromatic heterocycles. The number of tetrazole rings is 1. The van der Waals surface area contributed by atoms with Gasteiger partial charge in [0, 0.05) is 40.6 Å². The average Bonchev–Trinajstić information content (AvgIpc) is 3.48. The van der Waals surface area contributed by atoms with Gasteiger partial charge < -0.3 is 4.98 Å². The minimum Gasteiger partial charge on any atom is -0.357 e. The monoisotopic (exact) mass is 527 g/mol. The van der Waals surface area contributed by atoms with Crippen LogP contribution in [0.5, 0.6) is 0 Å². The second-order valence-corrected chi connectivity index (χ2v) is 12.7. The van der Waals surface area contributed by atoms with E-state index in [1.807, 2.05) is 22.9 Å². The van der Waals surface area contributed by atoms with Crippen molar-refractivity contribution in [2.45, 2.75) is 65.6 Å². The summed E-state index contributed by atoms with van der Waals surface area (Å²) >= 11 is 6.95. The largest absolute Gasteiger partial charge is 0.357 e. The smallest absolute Gasteiger partial charge is 0.173 e. The molecule has 0 bridgehead atoms. The highest BCUT2D eigenvalue weighted by atomic mass is 35.5. The van der Waals surface area contributed by atoms with E-state index in [1.54, 1.807) is 0 Å². The number of nitrogens with one attached hydrogen (secondary N) is 1. The molecule has 0 aliphatic carbocycles. The fraction of sp³-hybridized carbons (Fsp3) is 0.400. The van der Waals surface area contributed by atoms with E-state index in [0.717, 1.165) is 48.2 Å². The molecule has 1 aliphatic heterocycles. The topological polar surface area (TPSA) is 75.5 Å². The second-order valence-electron chi connectivity index (χ2n) is 12.3. The predicted octanol–water partition coefficient (Wildman–Crippen LogP) is 6.68. The van der Waals surface area contributed by atoms with Crippen LogP contribution in [-0.2, 0) is 18.5 Å². The van der Waals surface area contributed by atoms with Crippen molar-refractivity contribution in [2.75, 3.05) is 6.54 Å². The molecule has 0 spiro atoms. The highest BCUT2D eigenvalue weighted by Crippen LogP contribution is 2.40. The Morgan fingerprint density at radius 3 is 2.61 bits per heavy atom. The van der Waals surface area contributed by atoms with Crippen LogP contribution >= 0.6 is 11.6 Å². The standard InChI is InChI=1S/C30H34ClN7/c1-29(2,3)18-30(4,5)38-28(34-35-36-38)26(22-16-19-10-6-8-12-23(19)33-27(22)31)37-15-14-21-20-11-7-9-13-24(20)32-25(21)17-37/h6-13,16,26,32H,14-15,17-18H2,1-5H3. The number of hydrogen-bond donors (Lipinski definition) is 1. The van der Waals surface area contributed by atoms with Crippen LogP contribution < -0.4 is 0 Å². The first kappa shape index (κ1) is 25.0. The highest BCUT2D eigenvalue weighted by molar-refractivity contribution is 6.30. The van der Waals surface area contributed by atoms with Crippen LogP contribution in [0.3, 0.4) is 0 Å². The summed E-state index contributed by atoms with van der Waals surface area (Å²) in [6, 6.07) is 18.5. The Morgan fingerprint density at radius 1 is 1.03 bits per heavy atom. The second kappa shape index (κ2) is 9.17. The van der Waals surface area contributed by atoms with Gasteiger partial charge in [0.1, 0.15) is 11.2 Å². The molecular weight excluding hydrogens is 494 g/mol. The quantitative estimate of drug-likeness (QED) is 0.258. The lowest BCUT2D eigenvalue weighted by Gasteiger charge is -2.37. The Bertz CT molecular complexity index is 1620. The molecule has 7 nitrogen and oxygen atoms in total. The number of hydrogen-bond acceptors (Lipinski definition) is 5. The summed E-state index contributed by atoms with van der Waals surface area (Å²) in [5.74, 6) is 0.790. The zero-order valence-electron chi connectivity index (χ0n) is 22.7. The molecule has 8 heteroatoms. The first-order chi connectivity index (χ1) is 18.1. The molecule has 38 heavy (non-hydrogen) atoms. The zero-order valence-corrected chi connectivity index (χ0v) is 23.4. The Balaban J connectivity index is 1.50. The van der Waals surface area contributed by atoms with Gasteiger partial charge in [0.2, 0.25) is 0 Å². The van der Waals surface area contributed by atoms with Gasteiger partial charge >= 0.3 is 0 Å². The Labute approximate surface area is 228 Å². The number of halogens is 1. The third kappa shape index (κ3) is 4.48. The van der Waals surface area contributed by atoms with Gasteiger partial charge in [-0.3, -0.25) is 4.90 Å². The van der Waals surface area contributed by atoms with Crippen molar-refractivity contribution in [1.29, 1.82) is 0 Å². The molecule has 0 radical (unpaired) electrons. The normalized spacial score (nSPS) is 15.7. The van der Waals surface area contributed by atoms with Gasteiger partial charge in [-0.15, -0.1) is 5.10 Å². The van der Waals surface area contributed by atoms with Crippen LogP contribution in [0.1, 0.15) is 69.7 Å². The molecule has 0 fully saturated rings. The van der Waals surface area contributed by atoms with Crippen molar-refractivity contribution < 1.29 is 0 Å². The van der Waals surface area contributed by atoms with Gasteiger partial charge in [-0.05, 0) is 66.3 Å². The van der Waals surface area contributed by atoms with Crippen LogP contribution in [0.2, 0.25) is 5.15 Å². The van der Waals surface area contributed by atoms with Crippen molar-refractivity contribution in [3.63, 3.8) is 0 Å². The Kier molecular flexibility index (Phi) is 6.04. The van der Waals surface area contributed by atoms with Gasteiger partial charge in [-0.1, -0.05) is 68.8 Å². The molecule has 0 saturated heterocycles. The summed E-state index contributed by atoms with van der Waals surface area (Å²) in [5, 5.41) is 16.2. The van der Waals surface area contributed by atoms with E-state index in [0.29, 0.717) is 5.15 Å². The summed E-state index contributed by atoms with van der Waals surface area (Å²) in [6.45, 7) is 12.8. The zero-order chi connectivity index (χ0) is 26.7. The third-order valence-corrected chi connectivity index (χ3v) is 7.85. The SMILES string of the molecule is CC(C)(C)CC(C)(C)n1nnnc1C(c1cc2ccccc2nc1Cl)N1CCc2c([nH]c3ccccc23)C1. The molecule has 4 heterocycles. The van der Waals surface area contributed by atoms with E-state index in [-0.39, 0.29) is 17.0 Å². The molecule has 5 aromatic rings. The van der Waals surface area contributed by atoms with Crippen LogP contribution in [0.15, 0.2) is 54.6 Å². The third-order valence-electron chi connectivity index (χ3n) is 7.55. The van der Waals surface area contributed by atoms with Crippen molar-refractivity contribution >= 4 is 33.4 Å². The minimum atomic E-state index is -0.297. The number of nitrogens with zero attached hydrogens (tertiary/aromatic N) is 6. The van der Waals surface area contributed by atoms with Crippen LogP contribution in [-0.4, -0.2) is 41.6 Å². The number of pyridine rings is 1.